The van der Waals surface area contributed by atoms with E-state index in [-0.39, 0.29) is 10.0 Å². The van der Waals surface area contributed by atoms with E-state index < -0.39 is 5.82 Å². The Hall–Kier alpha value is -0.880. The number of hydrogen-bond acceptors (Lipinski definition) is 2. The van der Waals surface area contributed by atoms with Gasteiger partial charge in [-0.15, -0.1) is 0 Å². The van der Waals surface area contributed by atoms with Gasteiger partial charge in [-0.1, -0.05) is 35.4 Å². The average Bonchev–Trinajstić information content (AvgIpc) is 2.34. The van der Waals surface area contributed by atoms with Crippen molar-refractivity contribution in [2.75, 3.05) is 5.32 Å². The van der Waals surface area contributed by atoms with E-state index in [1.807, 2.05) is 0 Å². The van der Waals surface area contributed by atoms with Gasteiger partial charge in [0.05, 0.1) is 10.7 Å². The van der Waals surface area contributed by atoms with Crippen LogP contribution in [0.4, 0.5) is 15.8 Å². The summed E-state index contributed by atoms with van der Waals surface area (Å²) in [6.45, 7) is 0. The van der Waals surface area contributed by atoms with Gasteiger partial charge in [0, 0.05) is 20.7 Å². The monoisotopic (exact) mass is 392 g/mol. The van der Waals surface area contributed by atoms with E-state index in [0.717, 1.165) is 0 Å². The van der Waals surface area contributed by atoms with Crippen LogP contribution in [0.25, 0.3) is 0 Å². The van der Waals surface area contributed by atoms with Crippen molar-refractivity contribution in [3.05, 3.63) is 56.2 Å². The normalized spacial score (nSPS) is 10.4. The summed E-state index contributed by atoms with van der Waals surface area (Å²) >= 11 is 20.2. The maximum Gasteiger partial charge on any atom is 0.125 e. The van der Waals surface area contributed by atoms with Gasteiger partial charge in [-0.25, -0.2) is 4.39 Å². The van der Waals surface area contributed by atoms with Crippen molar-refractivity contribution in [3.8, 4) is 0 Å². The Morgan fingerprint density at radius 1 is 1.25 bits per heavy atom. The van der Waals surface area contributed by atoms with Gasteiger partial charge in [-0.3, -0.25) is 0 Å². The molecule has 0 radical (unpaired) electrons. The van der Waals surface area contributed by atoms with Gasteiger partial charge >= 0.3 is 0 Å². The Bertz CT molecular complexity index is 671. The standard InChI is InChI=1S/C13H8BrCl2FN2S/c14-9-4-7(17)5-10(16)12(9)19-11-2-1-6(15)3-8(11)13(18)20/h1-5,19H,(H2,18,20). The molecule has 2 rings (SSSR count). The summed E-state index contributed by atoms with van der Waals surface area (Å²) in [6.07, 6.45) is 0. The number of nitrogens with one attached hydrogen (secondary N) is 1. The first-order valence-corrected chi connectivity index (χ1v) is 7.35. The summed E-state index contributed by atoms with van der Waals surface area (Å²) in [5.74, 6) is -0.432. The fraction of sp³-hybridized carbons (Fsp3) is 0. The number of rotatable bonds is 3. The Morgan fingerprint density at radius 3 is 2.55 bits per heavy atom. The van der Waals surface area contributed by atoms with Crippen molar-refractivity contribution in [2.45, 2.75) is 0 Å². The lowest BCUT2D eigenvalue weighted by Crippen LogP contribution is -2.12. The Morgan fingerprint density at radius 2 is 1.95 bits per heavy atom. The fourth-order valence-corrected chi connectivity index (χ4v) is 2.87. The van der Waals surface area contributed by atoms with E-state index >= 15 is 0 Å². The van der Waals surface area contributed by atoms with Gasteiger partial charge in [-0.2, -0.15) is 0 Å². The first-order valence-electron chi connectivity index (χ1n) is 5.39. The highest BCUT2D eigenvalue weighted by molar-refractivity contribution is 9.10. The molecule has 104 valence electrons. The quantitative estimate of drug-likeness (QED) is 0.697. The molecular formula is C13H8BrCl2FN2S. The molecule has 2 aromatic rings. The first kappa shape index (κ1) is 15.5. The summed E-state index contributed by atoms with van der Waals surface area (Å²) < 4.78 is 13.7. The summed E-state index contributed by atoms with van der Waals surface area (Å²) in [7, 11) is 0. The van der Waals surface area contributed by atoms with Gasteiger partial charge < -0.3 is 11.1 Å². The number of halogens is 4. The molecule has 0 saturated heterocycles. The molecule has 0 atom stereocenters. The predicted molar refractivity (Wildman–Crippen MR) is 89.7 cm³/mol. The van der Waals surface area contributed by atoms with Gasteiger partial charge in [-0.05, 0) is 46.3 Å². The van der Waals surface area contributed by atoms with Crippen molar-refractivity contribution in [1.29, 1.82) is 0 Å². The van der Waals surface area contributed by atoms with Crippen LogP contribution in [0.1, 0.15) is 5.56 Å². The smallest absolute Gasteiger partial charge is 0.125 e. The van der Waals surface area contributed by atoms with Gasteiger partial charge in [0.2, 0.25) is 0 Å². The van der Waals surface area contributed by atoms with E-state index in [1.165, 1.54) is 12.1 Å². The zero-order valence-corrected chi connectivity index (χ0v) is 13.8. The van der Waals surface area contributed by atoms with E-state index in [9.17, 15) is 4.39 Å². The van der Waals surface area contributed by atoms with Crippen LogP contribution in [0.2, 0.25) is 10.0 Å². The molecule has 20 heavy (non-hydrogen) atoms. The fourth-order valence-electron chi connectivity index (χ4n) is 1.63. The zero-order valence-electron chi connectivity index (χ0n) is 9.88. The SMILES string of the molecule is NC(=S)c1cc(Cl)ccc1Nc1c(Cl)cc(F)cc1Br. The minimum absolute atomic E-state index is 0.198. The second-order valence-electron chi connectivity index (χ2n) is 3.92. The van der Waals surface area contributed by atoms with Crippen molar-refractivity contribution < 1.29 is 4.39 Å². The Balaban J connectivity index is 2.48. The van der Waals surface area contributed by atoms with E-state index in [2.05, 4.69) is 21.2 Å². The molecule has 2 nitrogen and oxygen atoms in total. The van der Waals surface area contributed by atoms with Crippen LogP contribution < -0.4 is 11.1 Å². The van der Waals surface area contributed by atoms with Crippen LogP contribution in [-0.4, -0.2) is 4.99 Å². The summed E-state index contributed by atoms with van der Waals surface area (Å²) in [6, 6.07) is 7.59. The minimum atomic E-state index is -0.432. The molecule has 3 N–H and O–H groups in total. The molecule has 2 aromatic carbocycles. The molecule has 0 spiro atoms. The summed E-state index contributed by atoms with van der Waals surface area (Å²) in [4.78, 5) is 0.198. The lowest BCUT2D eigenvalue weighted by atomic mass is 10.1. The van der Waals surface area contributed by atoms with Crippen LogP contribution in [-0.2, 0) is 0 Å². The van der Waals surface area contributed by atoms with Crippen LogP contribution in [0.3, 0.4) is 0 Å². The number of anilines is 2. The second-order valence-corrected chi connectivity index (χ2v) is 6.06. The molecule has 0 aromatic heterocycles. The minimum Gasteiger partial charge on any atom is -0.389 e. The van der Waals surface area contributed by atoms with Crippen molar-refractivity contribution in [1.82, 2.24) is 0 Å². The lowest BCUT2D eigenvalue weighted by molar-refractivity contribution is 0.627. The molecule has 0 unspecified atom stereocenters. The van der Waals surface area contributed by atoms with Crippen molar-refractivity contribution in [3.63, 3.8) is 0 Å². The average molecular weight is 394 g/mol. The molecule has 0 amide bonds. The molecule has 0 heterocycles. The van der Waals surface area contributed by atoms with Crippen molar-refractivity contribution >= 4 is 67.7 Å². The summed E-state index contributed by atoms with van der Waals surface area (Å²) in [5.41, 5.74) is 7.41. The highest BCUT2D eigenvalue weighted by Crippen LogP contribution is 2.35. The lowest BCUT2D eigenvalue weighted by Gasteiger charge is -2.14. The predicted octanol–water partition coefficient (Wildman–Crippen LogP) is 5.27. The Kier molecular flexibility index (Phi) is 4.86. The van der Waals surface area contributed by atoms with Crippen LogP contribution in [0, 0.1) is 5.82 Å². The van der Waals surface area contributed by atoms with Gasteiger partial charge in [0.1, 0.15) is 10.8 Å². The van der Waals surface area contributed by atoms with Crippen LogP contribution >= 0.6 is 51.3 Å². The van der Waals surface area contributed by atoms with Crippen LogP contribution in [0.5, 0.6) is 0 Å². The van der Waals surface area contributed by atoms with Crippen LogP contribution in [0.15, 0.2) is 34.8 Å². The van der Waals surface area contributed by atoms with Gasteiger partial charge in [0.25, 0.3) is 0 Å². The third-order valence-electron chi connectivity index (χ3n) is 2.51. The summed E-state index contributed by atoms with van der Waals surface area (Å²) in [5, 5.41) is 3.83. The maximum atomic E-state index is 13.2. The first-order chi connectivity index (χ1) is 9.38. The topological polar surface area (TPSA) is 38.0 Å². The van der Waals surface area contributed by atoms with E-state index in [0.29, 0.717) is 26.4 Å². The molecule has 0 saturated carbocycles. The van der Waals surface area contributed by atoms with E-state index in [1.54, 1.807) is 18.2 Å². The maximum absolute atomic E-state index is 13.2. The molecule has 0 aliphatic carbocycles. The van der Waals surface area contributed by atoms with Crippen molar-refractivity contribution in [2.24, 2.45) is 5.73 Å². The number of thiocarbonyl (C=S) groups is 1. The molecular weight excluding hydrogens is 386 g/mol. The number of hydrogen-bond donors (Lipinski definition) is 2. The third-order valence-corrected chi connectivity index (χ3v) is 3.89. The molecule has 0 fully saturated rings. The van der Waals surface area contributed by atoms with Gasteiger partial charge in [0.15, 0.2) is 0 Å². The second kappa shape index (κ2) is 6.26. The third kappa shape index (κ3) is 3.41. The molecule has 0 aliphatic heterocycles. The zero-order chi connectivity index (χ0) is 14.9. The molecule has 0 bridgehead atoms. The highest BCUT2D eigenvalue weighted by Gasteiger charge is 2.12. The largest absolute Gasteiger partial charge is 0.389 e. The molecule has 0 aliphatic rings. The number of nitrogens with two attached hydrogens (primary N) is 1. The highest BCUT2D eigenvalue weighted by atomic mass is 79.9. The van der Waals surface area contributed by atoms with E-state index in [4.69, 9.17) is 41.2 Å². The Labute approximate surface area is 139 Å². The molecule has 7 heteroatoms. The number of benzene rings is 2.